The summed E-state index contributed by atoms with van der Waals surface area (Å²) in [4.78, 5) is 13.6. The lowest BCUT2D eigenvalue weighted by atomic mass is 9.96. The maximum absolute atomic E-state index is 11.8. The average Bonchev–Trinajstić information content (AvgIpc) is 2.29. The van der Waals surface area contributed by atoms with Gasteiger partial charge in [-0.3, -0.25) is 0 Å². The Bertz CT molecular complexity index is 221. The minimum absolute atomic E-state index is 0.152. The lowest BCUT2D eigenvalue weighted by Crippen LogP contribution is -2.42. The molecule has 3 nitrogen and oxygen atoms in total. The minimum atomic E-state index is -0.379. The minimum Gasteiger partial charge on any atom is -0.444 e. The topological polar surface area (TPSA) is 29.5 Å². The number of ether oxygens (including phenoxy) is 1. The van der Waals surface area contributed by atoms with Crippen molar-refractivity contribution in [3.63, 3.8) is 0 Å². The van der Waals surface area contributed by atoms with Crippen LogP contribution in [0.4, 0.5) is 4.79 Å². The second kappa shape index (κ2) is 7.57. The van der Waals surface area contributed by atoms with Crippen molar-refractivity contribution in [1.82, 2.24) is 4.90 Å². The van der Waals surface area contributed by atoms with E-state index < -0.39 is 0 Å². The Morgan fingerprint density at radius 2 is 1.94 bits per heavy atom. The Morgan fingerprint density at radius 1 is 1.35 bits per heavy atom. The molecule has 1 amide bonds. The molecule has 0 N–H and O–H groups in total. The Labute approximate surface area is 107 Å². The van der Waals surface area contributed by atoms with Gasteiger partial charge in [-0.1, -0.05) is 27.2 Å². The van der Waals surface area contributed by atoms with Gasteiger partial charge < -0.3 is 9.64 Å². The summed E-state index contributed by atoms with van der Waals surface area (Å²) < 4.78 is 5.36. The van der Waals surface area contributed by atoms with E-state index in [1.54, 1.807) is 0 Å². The number of likely N-dealkylation sites (tertiary alicyclic amines) is 1. The summed E-state index contributed by atoms with van der Waals surface area (Å²) >= 11 is 0. The molecule has 0 bridgehead atoms. The highest BCUT2D eigenvalue weighted by atomic mass is 16.6. The molecule has 1 atom stereocenters. The normalized spacial score (nSPS) is 20.4. The largest absolute Gasteiger partial charge is 0.444 e. The Morgan fingerprint density at radius 3 is 2.41 bits per heavy atom. The highest BCUT2D eigenvalue weighted by Gasteiger charge is 2.26. The Balaban J connectivity index is 0.00000121. The molecule has 0 aliphatic carbocycles. The van der Waals surface area contributed by atoms with Gasteiger partial charge in [0.05, 0.1) is 0 Å². The molecule has 1 fully saturated rings. The van der Waals surface area contributed by atoms with E-state index in [2.05, 4.69) is 6.92 Å². The third-order valence-corrected chi connectivity index (χ3v) is 2.75. The van der Waals surface area contributed by atoms with Crippen molar-refractivity contribution >= 4 is 6.09 Å². The number of rotatable bonds is 1. The van der Waals surface area contributed by atoms with Crippen molar-refractivity contribution < 1.29 is 9.53 Å². The number of hydrogen-bond donors (Lipinski definition) is 0. The Hall–Kier alpha value is -0.730. The van der Waals surface area contributed by atoms with Crippen molar-refractivity contribution in [3.05, 3.63) is 0 Å². The molecule has 0 aromatic rings. The average molecular weight is 243 g/mol. The third kappa shape index (κ3) is 6.54. The van der Waals surface area contributed by atoms with Crippen LogP contribution in [0.5, 0.6) is 0 Å². The van der Waals surface area contributed by atoms with Gasteiger partial charge in [-0.2, -0.15) is 0 Å². The van der Waals surface area contributed by atoms with Gasteiger partial charge in [0.2, 0.25) is 0 Å². The summed E-state index contributed by atoms with van der Waals surface area (Å²) in [5.74, 6) is 0.659. The van der Waals surface area contributed by atoms with Crippen LogP contribution >= 0.6 is 0 Å². The van der Waals surface area contributed by atoms with Gasteiger partial charge in [0.25, 0.3) is 0 Å². The number of nitrogens with zero attached hydrogens (tertiary/aromatic N) is 1. The van der Waals surface area contributed by atoms with Gasteiger partial charge in [-0.05, 0) is 39.5 Å². The van der Waals surface area contributed by atoms with E-state index in [1.807, 2.05) is 39.5 Å². The van der Waals surface area contributed by atoms with Crippen molar-refractivity contribution in [2.24, 2.45) is 5.92 Å². The molecule has 1 aliphatic rings. The first-order valence-corrected chi connectivity index (χ1v) is 6.90. The molecular weight excluding hydrogens is 214 g/mol. The van der Waals surface area contributed by atoms with Gasteiger partial charge in [-0.25, -0.2) is 4.79 Å². The summed E-state index contributed by atoms with van der Waals surface area (Å²) in [6.07, 6.45) is 3.35. The highest BCUT2D eigenvalue weighted by molar-refractivity contribution is 5.68. The molecule has 1 aliphatic heterocycles. The van der Waals surface area contributed by atoms with E-state index in [4.69, 9.17) is 4.74 Å². The lowest BCUT2D eigenvalue weighted by Gasteiger charge is -2.33. The summed E-state index contributed by atoms with van der Waals surface area (Å²) in [5, 5.41) is 0. The first-order chi connectivity index (χ1) is 7.92. The number of amides is 1. The Kier molecular flexibility index (Phi) is 7.24. The number of carbonyl (C=O) groups is 1. The fourth-order valence-corrected chi connectivity index (χ4v) is 1.89. The first-order valence-electron chi connectivity index (χ1n) is 6.90. The zero-order valence-electron chi connectivity index (χ0n) is 12.4. The molecule has 0 saturated carbocycles. The van der Waals surface area contributed by atoms with E-state index in [0.29, 0.717) is 5.92 Å². The van der Waals surface area contributed by atoms with Crippen molar-refractivity contribution in [2.45, 2.75) is 66.4 Å². The molecule has 17 heavy (non-hydrogen) atoms. The predicted octanol–water partition coefficient (Wildman–Crippen LogP) is 4.07. The van der Waals surface area contributed by atoms with Crippen LogP contribution in [0, 0.1) is 5.92 Å². The van der Waals surface area contributed by atoms with Crippen LogP contribution in [0.25, 0.3) is 0 Å². The van der Waals surface area contributed by atoms with E-state index in [1.165, 1.54) is 6.42 Å². The van der Waals surface area contributed by atoms with Crippen LogP contribution in [0.3, 0.4) is 0 Å². The smallest absolute Gasteiger partial charge is 0.410 e. The van der Waals surface area contributed by atoms with Gasteiger partial charge in [-0.15, -0.1) is 0 Å². The molecule has 1 unspecified atom stereocenters. The summed E-state index contributed by atoms with van der Waals surface area (Å²) in [5.41, 5.74) is -0.379. The molecule has 0 radical (unpaired) electrons. The van der Waals surface area contributed by atoms with E-state index >= 15 is 0 Å². The fourth-order valence-electron chi connectivity index (χ4n) is 1.89. The second-order valence-electron chi connectivity index (χ2n) is 5.34. The molecular formula is C14H29NO2. The second-order valence-corrected chi connectivity index (χ2v) is 5.34. The number of piperidine rings is 1. The zero-order valence-corrected chi connectivity index (χ0v) is 12.4. The van der Waals surface area contributed by atoms with E-state index in [-0.39, 0.29) is 11.7 Å². The van der Waals surface area contributed by atoms with Gasteiger partial charge >= 0.3 is 6.09 Å². The summed E-state index contributed by atoms with van der Waals surface area (Å²) in [6, 6.07) is 0. The summed E-state index contributed by atoms with van der Waals surface area (Å²) in [6.45, 7) is 13.6. The molecule has 3 heteroatoms. The molecule has 0 aromatic carbocycles. The van der Waals surface area contributed by atoms with Gasteiger partial charge in [0, 0.05) is 13.1 Å². The van der Waals surface area contributed by atoms with Crippen LogP contribution in [-0.2, 0) is 4.74 Å². The van der Waals surface area contributed by atoms with Crippen molar-refractivity contribution in [3.8, 4) is 0 Å². The van der Waals surface area contributed by atoms with E-state index in [9.17, 15) is 4.79 Å². The maximum Gasteiger partial charge on any atom is 0.410 e. The van der Waals surface area contributed by atoms with Gasteiger partial charge in [0.15, 0.2) is 0 Å². The third-order valence-electron chi connectivity index (χ3n) is 2.75. The standard InChI is InChI=1S/C12H23NO2.C2H6/c1-5-10-7-6-8-13(9-10)11(14)15-12(2,3)4;1-2/h10H,5-9H2,1-4H3;1-2H3. The molecule has 1 heterocycles. The van der Waals surface area contributed by atoms with Crippen molar-refractivity contribution in [2.75, 3.05) is 13.1 Å². The SMILES string of the molecule is CC.CCC1CCCN(C(=O)OC(C)(C)C)C1. The summed E-state index contributed by atoms with van der Waals surface area (Å²) in [7, 11) is 0. The molecule has 1 saturated heterocycles. The van der Waals surface area contributed by atoms with Crippen LogP contribution in [-0.4, -0.2) is 29.7 Å². The van der Waals surface area contributed by atoms with E-state index in [0.717, 1.165) is 25.9 Å². The molecule has 1 rings (SSSR count). The number of carbonyl (C=O) groups excluding carboxylic acids is 1. The lowest BCUT2D eigenvalue weighted by molar-refractivity contribution is 0.0164. The molecule has 0 spiro atoms. The zero-order chi connectivity index (χ0) is 13.5. The molecule has 0 aromatic heterocycles. The fraction of sp³-hybridized carbons (Fsp3) is 0.929. The first kappa shape index (κ1) is 16.3. The number of hydrogen-bond acceptors (Lipinski definition) is 2. The van der Waals surface area contributed by atoms with Crippen LogP contribution in [0.15, 0.2) is 0 Å². The van der Waals surface area contributed by atoms with Crippen molar-refractivity contribution in [1.29, 1.82) is 0 Å². The van der Waals surface area contributed by atoms with Crippen LogP contribution in [0.1, 0.15) is 60.8 Å². The van der Waals surface area contributed by atoms with Crippen LogP contribution in [0.2, 0.25) is 0 Å². The molecule has 102 valence electrons. The van der Waals surface area contributed by atoms with Gasteiger partial charge in [0.1, 0.15) is 5.60 Å². The predicted molar refractivity (Wildman–Crippen MR) is 72.2 cm³/mol. The highest BCUT2D eigenvalue weighted by Crippen LogP contribution is 2.21. The maximum atomic E-state index is 11.8. The van der Waals surface area contributed by atoms with Crippen LogP contribution < -0.4 is 0 Å². The monoisotopic (exact) mass is 243 g/mol. The quantitative estimate of drug-likeness (QED) is 0.694.